The molecule has 1 aliphatic heterocycles. The van der Waals surface area contributed by atoms with Crippen LogP contribution in [-0.4, -0.2) is 49.9 Å². The largest absolute Gasteiger partial charge is 0.474 e. The van der Waals surface area contributed by atoms with Gasteiger partial charge in [-0.1, -0.05) is 18.5 Å². The number of piperidine rings is 1. The predicted octanol–water partition coefficient (Wildman–Crippen LogP) is 4.22. The lowest BCUT2D eigenvalue weighted by Gasteiger charge is -2.38. The van der Waals surface area contributed by atoms with Crippen LogP contribution in [0.5, 0.6) is 5.88 Å². The Morgan fingerprint density at radius 3 is 2.68 bits per heavy atom. The second kappa shape index (κ2) is 9.39. The Kier molecular flexibility index (Phi) is 6.42. The van der Waals surface area contributed by atoms with Gasteiger partial charge in [0, 0.05) is 30.8 Å². The van der Waals surface area contributed by atoms with Gasteiger partial charge in [-0.2, -0.15) is 0 Å². The Morgan fingerprint density at radius 1 is 1.13 bits per heavy atom. The van der Waals surface area contributed by atoms with Crippen molar-refractivity contribution in [3.05, 3.63) is 65.3 Å². The molecule has 4 rings (SSSR count). The number of amides is 1. The minimum absolute atomic E-state index is 0.103. The number of nitrogens with zero attached hydrogens (tertiary/aromatic N) is 5. The Balaban J connectivity index is 1.62. The maximum Gasteiger partial charge on any atom is 0.273 e. The fourth-order valence-electron chi connectivity index (χ4n) is 3.76. The summed E-state index contributed by atoms with van der Waals surface area (Å²) in [6, 6.07) is 8.86. The van der Waals surface area contributed by atoms with E-state index in [0.29, 0.717) is 47.1 Å². The Hall–Kier alpha value is -3.06. The van der Waals surface area contributed by atoms with E-state index >= 15 is 0 Å². The summed E-state index contributed by atoms with van der Waals surface area (Å²) < 4.78 is 5.88. The number of carbonyl (C=O) groups is 1. The number of aryl methyl sites for hydroxylation is 1. The summed E-state index contributed by atoms with van der Waals surface area (Å²) >= 11 is 6.17. The summed E-state index contributed by atoms with van der Waals surface area (Å²) in [7, 11) is 0. The number of aromatic nitrogens is 4. The number of hydrogen-bond donors (Lipinski definition) is 0. The molecule has 3 aromatic rings. The highest BCUT2D eigenvalue weighted by molar-refractivity contribution is 6.31. The van der Waals surface area contributed by atoms with E-state index in [-0.39, 0.29) is 11.9 Å². The number of ether oxygens (including phenoxy) is 1. The maximum absolute atomic E-state index is 13.7. The molecule has 1 unspecified atom stereocenters. The van der Waals surface area contributed by atoms with Crippen LogP contribution in [0.2, 0.25) is 5.02 Å². The fraction of sp³-hybridized carbons (Fsp3) is 0.348. The molecule has 1 amide bonds. The molecular weight excluding hydrogens is 414 g/mol. The van der Waals surface area contributed by atoms with E-state index in [1.807, 2.05) is 24.0 Å². The molecule has 0 bridgehead atoms. The summed E-state index contributed by atoms with van der Waals surface area (Å²) in [5, 5.41) is 0.452. The van der Waals surface area contributed by atoms with Gasteiger partial charge in [0.05, 0.1) is 11.6 Å². The second-order valence-electron chi connectivity index (χ2n) is 7.82. The van der Waals surface area contributed by atoms with Crippen molar-refractivity contribution in [2.75, 3.05) is 13.2 Å². The van der Waals surface area contributed by atoms with E-state index in [2.05, 4.69) is 26.9 Å². The summed E-state index contributed by atoms with van der Waals surface area (Å²) in [5.41, 5.74) is 1.75. The van der Waals surface area contributed by atoms with Crippen molar-refractivity contribution < 1.29 is 9.53 Å². The van der Waals surface area contributed by atoms with Gasteiger partial charge in [0.2, 0.25) is 5.88 Å². The van der Waals surface area contributed by atoms with Gasteiger partial charge in [-0.15, -0.1) is 0 Å². The van der Waals surface area contributed by atoms with Gasteiger partial charge in [0.15, 0.2) is 5.82 Å². The SMILES string of the molecule is Cc1ccc(-c2ncccn2)c(C(=O)N2C[C@H](C)CCC2COc2ncccc2Cl)n1. The van der Waals surface area contributed by atoms with Gasteiger partial charge in [-0.3, -0.25) is 4.79 Å². The second-order valence-corrected chi connectivity index (χ2v) is 8.22. The number of pyridine rings is 2. The molecule has 0 saturated carbocycles. The molecular formula is C23H24ClN5O2. The molecule has 160 valence electrons. The number of halogens is 1. The molecule has 2 atom stereocenters. The van der Waals surface area contributed by atoms with Crippen LogP contribution >= 0.6 is 11.6 Å². The maximum atomic E-state index is 13.7. The molecule has 1 saturated heterocycles. The van der Waals surface area contributed by atoms with Crippen molar-refractivity contribution in [2.24, 2.45) is 5.92 Å². The molecule has 0 N–H and O–H groups in total. The van der Waals surface area contributed by atoms with E-state index in [9.17, 15) is 4.79 Å². The average molecular weight is 438 g/mol. The molecule has 0 spiro atoms. The minimum Gasteiger partial charge on any atom is -0.474 e. The zero-order valence-corrected chi connectivity index (χ0v) is 18.3. The number of rotatable bonds is 5. The Bertz CT molecular complexity index is 1060. The highest BCUT2D eigenvalue weighted by atomic mass is 35.5. The monoisotopic (exact) mass is 437 g/mol. The summed E-state index contributed by atoms with van der Waals surface area (Å²) in [4.78, 5) is 32.9. The van der Waals surface area contributed by atoms with Gasteiger partial charge >= 0.3 is 0 Å². The summed E-state index contributed by atoms with van der Waals surface area (Å²) in [6.45, 7) is 4.97. The lowest BCUT2D eigenvalue weighted by molar-refractivity contribution is 0.0439. The summed E-state index contributed by atoms with van der Waals surface area (Å²) in [6.07, 6.45) is 6.80. The molecule has 3 aromatic heterocycles. The minimum atomic E-state index is -0.140. The third kappa shape index (κ3) is 4.82. The first kappa shape index (κ1) is 21.2. The number of hydrogen-bond acceptors (Lipinski definition) is 6. The van der Waals surface area contributed by atoms with E-state index in [0.717, 1.165) is 18.5 Å². The Morgan fingerprint density at radius 2 is 1.90 bits per heavy atom. The lowest BCUT2D eigenvalue weighted by Crippen LogP contribution is -2.49. The van der Waals surface area contributed by atoms with Gasteiger partial charge in [-0.05, 0) is 56.0 Å². The quantitative estimate of drug-likeness (QED) is 0.594. The Labute approximate surface area is 186 Å². The lowest BCUT2D eigenvalue weighted by atomic mass is 9.93. The topological polar surface area (TPSA) is 81.1 Å². The molecule has 1 aliphatic rings. The number of likely N-dealkylation sites (tertiary alicyclic amines) is 1. The number of carbonyl (C=O) groups excluding carboxylic acids is 1. The fourth-order valence-corrected chi connectivity index (χ4v) is 3.93. The van der Waals surface area contributed by atoms with E-state index < -0.39 is 0 Å². The average Bonchev–Trinajstić information content (AvgIpc) is 2.79. The van der Waals surface area contributed by atoms with Crippen LogP contribution in [0, 0.1) is 12.8 Å². The van der Waals surface area contributed by atoms with Gasteiger partial charge in [0.1, 0.15) is 17.3 Å². The standard InChI is InChI=1S/C23H24ClN5O2/c1-15-6-8-17(14-31-22-19(24)5-3-10-27-22)29(13-15)23(30)20-18(9-7-16(2)28-20)21-25-11-4-12-26-21/h3-5,7,9-12,15,17H,6,8,13-14H2,1-2H3/t15-,17?/m1/s1. The van der Waals surface area contributed by atoms with Gasteiger partial charge in [-0.25, -0.2) is 19.9 Å². The van der Waals surface area contributed by atoms with E-state index in [1.54, 1.807) is 36.8 Å². The smallest absolute Gasteiger partial charge is 0.273 e. The third-order valence-electron chi connectivity index (χ3n) is 5.38. The van der Waals surface area contributed by atoms with Crippen molar-refractivity contribution in [3.63, 3.8) is 0 Å². The first-order valence-electron chi connectivity index (χ1n) is 10.3. The highest BCUT2D eigenvalue weighted by Crippen LogP contribution is 2.28. The first-order valence-corrected chi connectivity index (χ1v) is 10.7. The highest BCUT2D eigenvalue weighted by Gasteiger charge is 2.33. The summed E-state index contributed by atoms with van der Waals surface area (Å²) in [5.74, 6) is 1.11. The van der Waals surface area contributed by atoms with Crippen molar-refractivity contribution in [1.82, 2.24) is 24.8 Å². The van der Waals surface area contributed by atoms with Crippen molar-refractivity contribution >= 4 is 17.5 Å². The van der Waals surface area contributed by atoms with Crippen LogP contribution in [0.25, 0.3) is 11.4 Å². The van der Waals surface area contributed by atoms with Gasteiger partial charge in [0.25, 0.3) is 5.91 Å². The van der Waals surface area contributed by atoms with E-state index in [4.69, 9.17) is 16.3 Å². The zero-order chi connectivity index (χ0) is 21.8. The van der Waals surface area contributed by atoms with Crippen LogP contribution < -0.4 is 4.74 Å². The molecule has 1 fully saturated rings. The third-order valence-corrected chi connectivity index (χ3v) is 5.67. The van der Waals surface area contributed by atoms with Crippen LogP contribution in [-0.2, 0) is 0 Å². The predicted molar refractivity (Wildman–Crippen MR) is 118 cm³/mol. The van der Waals surface area contributed by atoms with Crippen LogP contribution in [0.15, 0.2) is 48.9 Å². The van der Waals surface area contributed by atoms with Crippen molar-refractivity contribution in [1.29, 1.82) is 0 Å². The zero-order valence-electron chi connectivity index (χ0n) is 17.5. The van der Waals surface area contributed by atoms with Crippen LogP contribution in [0.1, 0.15) is 35.9 Å². The molecule has 0 aliphatic carbocycles. The van der Waals surface area contributed by atoms with E-state index in [1.165, 1.54) is 0 Å². The van der Waals surface area contributed by atoms with Gasteiger partial charge < -0.3 is 9.64 Å². The molecule has 31 heavy (non-hydrogen) atoms. The molecule has 0 radical (unpaired) electrons. The van der Waals surface area contributed by atoms with Crippen molar-refractivity contribution in [2.45, 2.75) is 32.7 Å². The molecule has 0 aromatic carbocycles. The van der Waals surface area contributed by atoms with Crippen molar-refractivity contribution in [3.8, 4) is 17.3 Å². The molecule has 8 heteroatoms. The molecule has 7 nitrogen and oxygen atoms in total. The van der Waals surface area contributed by atoms with Crippen LogP contribution in [0.4, 0.5) is 0 Å². The normalized spacial score (nSPS) is 18.6. The first-order chi connectivity index (χ1) is 15.0. The molecule has 4 heterocycles. The van der Waals surface area contributed by atoms with Crippen LogP contribution in [0.3, 0.4) is 0 Å².